The van der Waals surface area contributed by atoms with Crippen LogP contribution in [0.1, 0.15) is 58.8 Å². The van der Waals surface area contributed by atoms with Crippen LogP contribution < -0.4 is 0 Å². The van der Waals surface area contributed by atoms with Crippen LogP contribution in [0.15, 0.2) is 38.4 Å². The molecule has 0 N–H and O–H groups in total. The van der Waals surface area contributed by atoms with Gasteiger partial charge in [-0.15, -0.1) is 0 Å². The summed E-state index contributed by atoms with van der Waals surface area (Å²) in [5, 5.41) is 0. The number of sulfone groups is 1. The number of aliphatic imine (C=N–C) groups is 3. The molecular formula is C22H31F2N3O2S. The normalized spacial score (nSPS) is 24.2. The summed E-state index contributed by atoms with van der Waals surface area (Å²) < 4.78 is 49.7. The van der Waals surface area contributed by atoms with Crippen LogP contribution in [0.3, 0.4) is 0 Å². The second-order valence-electron chi connectivity index (χ2n) is 8.99. The van der Waals surface area contributed by atoms with Crippen LogP contribution in [-0.2, 0) is 9.84 Å². The van der Waals surface area contributed by atoms with Crippen LogP contribution in [0.25, 0.3) is 0 Å². The fourth-order valence-electron chi connectivity index (χ4n) is 4.29. The maximum absolute atomic E-state index is 13.2. The minimum atomic E-state index is -3.04. The molecule has 2 aliphatic heterocycles. The molecule has 1 unspecified atom stereocenters. The highest BCUT2D eigenvalue weighted by Crippen LogP contribution is 2.37. The number of hydrogen-bond donors (Lipinski definition) is 0. The Hall–Kier alpha value is -1.70. The van der Waals surface area contributed by atoms with Crippen molar-refractivity contribution in [2.75, 3.05) is 18.6 Å². The largest absolute Gasteiger partial charge is 0.289 e. The van der Waals surface area contributed by atoms with Gasteiger partial charge < -0.3 is 0 Å². The van der Waals surface area contributed by atoms with Gasteiger partial charge in [-0.05, 0) is 57.3 Å². The van der Waals surface area contributed by atoms with E-state index >= 15 is 0 Å². The summed E-state index contributed by atoms with van der Waals surface area (Å²) in [5.41, 5.74) is 3.06. The SMILES string of the molecule is CC1=CC2=CC(CCC(C)(F)F)=NCC2C(/C=N/C2(CCS(C)(=O)=O)CCCC2)=N1. The average Bonchev–Trinajstić information content (AvgIpc) is 3.11. The molecule has 0 saturated heterocycles. The zero-order valence-corrected chi connectivity index (χ0v) is 18.8. The van der Waals surface area contributed by atoms with Crippen molar-refractivity contribution in [3.05, 3.63) is 23.4 Å². The molecule has 1 aliphatic carbocycles. The third-order valence-electron chi connectivity index (χ3n) is 6.01. The molecule has 3 aliphatic rings. The van der Waals surface area contributed by atoms with Crippen LogP contribution >= 0.6 is 0 Å². The van der Waals surface area contributed by atoms with Crippen LogP contribution in [0, 0.1) is 5.92 Å². The minimum absolute atomic E-state index is 0.0308. The highest BCUT2D eigenvalue weighted by Gasteiger charge is 2.34. The van der Waals surface area contributed by atoms with Gasteiger partial charge >= 0.3 is 0 Å². The number of alkyl halides is 2. The van der Waals surface area contributed by atoms with E-state index in [9.17, 15) is 17.2 Å². The smallest absolute Gasteiger partial charge is 0.245 e. The Morgan fingerprint density at radius 2 is 2.00 bits per heavy atom. The molecule has 0 aromatic carbocycles. The molecule has 0 bridgehead atoms. The number of allylic oxidation sites excluding steroid dienone is 3. The van der Waals surface area contributed by atoms with Crippen molar-refractivity contribution in [1.82, 2.24) is 0 Å². The zero-order valence-electron chi connectivity index (χ0n) is 18.0. The van der Waals surface area contributed by atoms with Gasteiger partial charge in [0.15, 0.2) is 0 Å². The van der Waals surface area contributed by atoms with Crippen molar-refractivity contribution in [2.24, 2.45) is 20.9 Å². The van der Waals surface area contributed by atoms with Crippen molar-refractivity contribution in [1.29, 1.82) is 0 Å². The number of hydrogen-bond acceptors (Lipinski definition) is 5. The third kappa shape index (κ3) is 6.40. The first-order valence-electron chi connectivity index (χ1n) is 10.6. The second kappa shape index (κ2) is 8.81. The lowest BCUT2D eigenvalue weighted by Crippen LogP contribution is -2.30. The predicted octanol–water partition coefficient (Wildman–Crippen LogP) is 4.60. The fraction of sp³-hybridized carbons (Fsp3) is 0.682. The number of nitrogens with zero attached hydrogens (tertiary/aromatic N) is 3. The zero-order chi connectivity index (χ0) is 22.0. The highest BCUT2D eigenvalue weighted by atomic mass is 32.2. The summed E-state index contributed by atoms with van der Waals surface area (Å²) in [6.07, 6.45) is 11.4. The van der Waals surface area contributed by atoms with E-state index in [1.807, 2.05) is 25.3 Å². The lowest BCUT2D eigenvalue weighted by Gasteiger charge is -2.27. The summed E-state index contributed by atoms with van der Waals surface area (Å²) in [5.74, 6) is -2.59. The first-order chi connectivity index (χ1) is 13.9. The Morgan fingerprint density at radius 3 is 2.63 bits per heavy atom. The summed E-state index contributed by atoms with van der Waals surface area (Å²) >= 11 is 0. The van der Waals surface area contributed by atoms with Gasteiger partial charge in [0.1, 0.15) is 9.84 Å². The first-order valence-corrected chi connectivity index (χ1v) is 12.6. The maximum Gasteiger partial charge on any atom is 0.245 e. The van der Waals surface area contributed by atoms with Gasteiger partial charge in [-0.1, -0.05) is 12.8 Å². The standard InChI is InChI=1S/C22H31F2N3O2S/c1-16-12-17-13-18(6-9-21(2,23)24)25-14-19(17)20(27-16)15-26-22(7-4-5-8-22)10-11-30(3,28)29/h12-13,15,19H,4-11,14H2,1-3H3/b26-15+. The molecule has 0 aromatic heterocycles. The summed E-state index contributed by atoms with van der Waals surface area (Å²) in [4.78, 5) is 14.0. The molecule has 2 heterocycles. The Kier molecular flexibility index (Phi) is 6.75. The Bertz CT molecular complexity index is 919. The van der Waals surface area contributed by atoms with Crippen molar-refractivity contribution < 1.29 is 17.2 Å². The molecule has 8 heteroatoms. The van der Waals surface area contributed by atoms with Crippen molar-refractivity contribution in [3.8, 4) is 0 Å². The summed E-state index contributed by atoms with van der Waals surface area (Å²) in [7, 11) is -3.04. The van der Waals surface area contributed by atoms with E-state index in [1.54, 1.807) is 0 Å². The first kappa shape index (κ1) is 23.0. The lowest BCUT2D eigenvalue weighted by molar-refractivity contribution is 0.0151. The summed E-state index contributed by atoms with van der Waals surface area (Å²) in [6, 6.07) is 0. The van der Waals surface area contributed by atoms with E-state index in [-0.39, 0.29) is 30.1 Å². The quantitative estimate of drug-likeness (QED) is 0.519. The van der Waals surface area contributed by atoms with Gasteiger partial charge in [-0.25, -0.2) is 17.2 Å². The van der Waals surface area contributed by atoms with Gasteiger partial charge in [-0.3, -0.25) is 15.0 Å². The molecule has 166 valence electrons. The molecular weight excluding hydrogens is 408 g/mol. The minimum Gasteiger partial charge on any atom is -0.289 e. The van der Waals surface area contributed by atoms with E-state index in [0.29, 0.717) is 18.7 Å². The van der Waals surface area contributed by atoms with Gasteiger partial charge in [-0.2, -0.15) is 0 Å². The van der Waals surface area contributed by atoms with Crippen LogP contribution in [-0.4, -0.2) is 56.1 Å². The molecule has 5 nitrogen and oxygen atoms in total. The van der Waals surface area contributed by atoms with Gasteiger partial charge in [0.25, 0.3) is 0 Å². The van der Waals surface area contributed by atoms with E-state index in [0.717, 1.165) is 49.6 Å². The van der Waals surface area contributed by atoms with E-state index in [1.165, 1.54) is 6.26 Å². The number of fused-ring (bicyclic) bond motifs is 1. The number of dihydropyridines is 1. The van der Waals surface area contributed by atoms with Crippen molar-refractivity contribution in [3.63, 3.8) is 0 Å². The molecule has 30 heavy (non-hydrogen) atoms. The Balaban J connectivity index is 1.75. The van der Waals surface area contributed by atoms with Gasteiger partial charge in [0.2, 0.25) is 5.92 Å². The second-order valence-corrected chi connectivity index (χ2v) is 11.3. The van der Waals surface area contributed by atoms with Gasteiger partial charge in [0, 0.05) is 36.2 Å². The predicted molar refractivity (Wildman–Crippen MR) is 119 cm³/mol. The van der Waals surface area contributed by atoms with Crippen LogP contribution in [0.4, 0.5) is 8.78 Å². The fourth-order valence-corrected chi connectivity index (χ4v) is 5.04. The maximum atomic E-state index is 13.2. The molecule has 1 atom stereocenters. The molecule has 1 saturated carbocycles. The van der Waals surface area contributed by atoms with Crippen molar-refractivity contribution >= 4 is 27.5 Å². The van der Waals surface area contributed by atoms with Crippen LogP contribution in [0.2, 0.25) is 0 Å². The summed E-state index contributed by atoms with van der Waals surface area (Å²) in [6.45, 7) is 3.31. The van der Waals surface area contributed by atoms with E-state index in [2.05, 4.69) is 9.98 Å². The molecule has 3 rings (SSSR count). The Morgan fingerprint density at radius 1 is 1.30 bits per heavy atom. The van der Waals surface area contributed by atoms with Crippen LogP contribution in [0.5, 0.6) is 0 Å². The van der Waals surface area contributed by atoms with Gasteiger partial charge in [0.05, 0.1) is 23.5 Å². The molecule has 0 aromatic rings. The monoisotopic (exact) mass is 439 g/mol. The molecule has 0 spiro atoms. The molecule has 0 amide bonds. The average molecular weight is 440 g/mol. The number of halogens is 2. The highest BCUT2D eigenvalue weighted by molar-refractivity contribution is 7.90. The topological polar surface area (TPSA) is 71.2 Å². The number of rotatable bonds is 8. The lowest BCUT2D eigenvalue weighted by atomic mass is 9.87. The molecule has 0 radical (unpaired) electrons. The van der Waals surface area contributed by atoms with E-state index < -0.39 is 15.8 Å². The third-order valence-corrected chi connectivity index (χ3v) is 6.96. The Labute approximate surface area is 178 Å². The molecule has 1 fully saturated rings. The van der Waals surface area contributed by atoms with Crippen molar-refractivity contribution in [2.45, 2.75) is 70.3 Å². The van der Waals surface area contributed by atoms with E-state index in [4.69, 9.17) is 4.99 Å².